The van der Waals surface area contributed by atoms with E-state index in [0.29, 0.717) is 12.1 Å². The molecule has 128 valence electrons. The third kappa shape index (κ3) is 3.18. The lowest BCUT2D eigenvalue weighted by Crippen LogP contribution is -2.53. The molecule has 24 heavy (non-hydrogen) atoms. The number of rotatable bonds is 3. The average molecular weight is 351 g/mol. The van der Waals surface area contributed by atoms with Crippen molar-refractivity contribution < 1.29 is 8.78 Å². The van der Waals surface area contributed by atoms with Gasteiger partial charge in [-0.2, -0.15) is 0 Å². The molecule has 2 bridgehead atoms. The number of hydrogen-bond donors (Lipinski definition) is 1. The minimum Gasteiger partial charge on any atom is -0.314 e. The Balaban J connectivity index is 0.00000169. The van der Waals surface area contributed by atoms with Gasteiger partial charge in [-0.3, -0.25) is 4.90 Å². The van der Waals surface area contributed by atoms with Crippen molar-refractivity contribution in [2.75, 3.05) is 13.1 Å². The monoisotopic (exact) mass is 350 g/mol. The molecule has 0 aliphatic carbocycles. The topological polar surface area (TPSA) is 15.3 Å². The first-order valence-corrected chi connectivity index (χ1v) is 8.21. The van der Waals surface area contributed by atoms with Crippen LogP contribution >= 0.6 is 12.4 Å². The summed E-state index contributed by atoms with van der Waals surface area (Å²) in [4.78, 5) is 2.54. The smallest absolute Gasteiger partial charge is 0.123 e. The van der Waals surface area contributed by atoms with E-state index in [2.05, 4.69) is 10.2 Å². The zero-order valence-corrected chi connectivity index (χ0v) is 14.1. The fraction of sp³-hybridized carbons (Fsp3) is 0.368. The first kappa shape index (κ1) is 17.3. The molecule has 2 nitrogen and oxygen atoms in total. The van der Waals surface area contributed by atoms with Crippen LogP contribution in [0.3, 0.4) is 0 Å². The Bertz CT molecular complexity index is 613. The van der Waals surface area contributed by atoms with Crippen LogP contribution in [-0.4, -0.2) is 30.1 Å². The van der Waals surface area contributed by atoms with Gasteiger partial charge in [-0.05, 0) is 48.2 Å². The molecule has 2 fully saturated rings. The van der Waals surface area contributed by atoms with Crippen LogP contribution in [0.5, 0.6) is 0 Å². The number of fused-ring (bicyclic) bond motifs is 2. The summed E-state index contributed by atoms with van der Waals surface area (Å²) < 4.78 is 26.7. The molecule has 2 aliphatic heterocycles. The summed E-state index contributed by atoms with van der Waals surface area (Å²) in [7, 11) is 0. The summed E-state index contributed by atoms with van der Waals surface area (Å²) in [5.41, 5.74) is 2.13. The highest BCUT2D eigenvalue weighted by atomic mass is 35.5. The van der Waals surface area contributed by atoms with E-state index in [4.69, 9.17) is 0 Å². The number of halogens is 3. The molecule has 0 radical (unpaired) electrons. The standard InChI is InChI=1S/C19H20F2N2.ClH/c20-15-5-1-13(2-6-15)19(14-3-7-16(21)8-4-14)23-17-9-10-18(23)12-22-11-17;/h1-8,17-19,22H,9-12H2;1H/t17-,18+;. The number of hydrogen-bond acceptors (Lipinski definition) is 2. The zero-order valence-electron chi connectivity index (χ0n) is 13.3. The van der Waals surface area contributed by atoms with Crippen molar-refractivity contribution in [1.29, 1.82) is 0 Å². The molecule has 2 aromatic carbocycles. The third-order valence-electron chi connectivity index (χ3n) is 5.11. The van der Waals surface area contributed by atoms with Crippen LogP contribution in [0, 0.1) is 11.6 Å². The van der Waals surface area contributed by atoms with E-state index in [0.717, 1.165) is 24.2 Å². The van der Waals surface area contributed by atoms with Gasteiger partial charge in [0.15, 0.2) is 0 Å². The van der Waals surface area contributed by atoms with Crippen molar-refractivity contribution in [3.05, 3.63) is 71.3 Å². The summed E-state index contributed by atoms with van der Waals surface area (Å²) >= 11 is 0. The predicted molar refractivity (Wildman–Crippen MR) is 93.4 cm³/mol. The fourth-order valence-corrected chi connectivity index (χ4v) is 4.06. The van der Waals surface area contributed by atoms with Crippen LogP contribution in [0.15, 0.2) is 48.5 Å². The maximum atomic E-state index is 13.3. The molecule has 2 aromatic rings. The third-order valence-corrected chi connectivity index (χ3v) is 5.11. The Labute approximate surface area is 147 Å². The van der Waals surface area contributed by atoms with Crippen LogP contribution in [0.2, 0.25) is 0 Å². The molecule has 0 spiro atoms. The van der Waals surface area contributed by atoms with Gasteiger partial charge < -0.3 is 5.32 Å². The SMILES string of the molecule is Cl.Fc1ccc(C(c2ccc(F)cc2)N2[C@@H]3CC[C@H]2CNC3)cc1. The van der Waals surface area contributed by atoms with E-state index < -0.39 is 0 Å². The first-order valence-electron chi connectivity index (χ1n) is 8.21. The van der Waals surface area contributed by atoms with Crippen molar-refractivity contribution in [3.63, 3.8) is 0 Å². The van der Waals surface area contributed by atoms with E-state index >= 15 is 0 Å². The highest BCUT2D eigenvalue weighted by molar-refractivity contribution is 5.85. The fourth-order valence-electron chi connectivity index (χ4n) is 4.06. The number of piperazine rings is 1. The van der Waals surface area contributed by atoms with Crippen LogP contribution < -0.4 is 5.32 Å². The lowest BCUT2D eigenvalue weighted by Gasteiger charge is -2.41. The molecule has 0 amide bonds. The molecule has 0 saturated carbocycles. The van der Waals surface area contributed by atoms with Crippen molar-refractivity contribution in [2.24, 2.45) is 0 Å². The highest BCUT2D eigenvalue weighted by Gasteiger charge is 2.41. The lowest BCUT2D eigenvalue weighted by atomic mass is 9.94. The maximum absolute atomic E-state index is 13.3. The predicted octanol–water partition coefficient (Wildman–Crippen LogP) is 3.91. The molecule has 2 heterocycles. The van der Waals surface area contributed by atoms with Gasteiger partial charge in [-0.25, -0.2) is 8.78 Å². The molecular weight excluding hydrogens is 330 g/mol. The average Bonchev–Trinajstić information content (AvgIpc) is 2.80. The minimum atomic E-state index is -0.227. The van der Waals surface area contributed by atoms with Gasteiger partial charge in [0.1, 0.15) is 11.6 Å². The second kappa shape index (κ2) is 7.18. The van der Waals surface area contributed by atoms with E-state index in [1.165, 1.54) is 37.1 Å². The van der Waals surface area contributed by atoms with E-state index in [9.17, 15) is 8.78 Å². The molecule has 2 saturated heterocycles. The van der Waals surface area contributed by atoms with Crippen LogP contribution in [0.4, 0.5) is 8.78 Å². The molecule has 1 N–H and O–H groups in total. The van der Waals surface area contributed by atoms with Crippen LogP contribution in [0.1, 0.15) is 30.0 Å². The Morgan fingerprint density at radius 3 is 1.62 bits per heavy atom. The number of nitrogens with zero attached hydrogens (tertiary/aromatic N) is 1. The molecule has 4 rings (SSSR count). The van der Waals surface area contributed by atoms with Gasteiger partial charge in [-0.1, -0.05) is 24.3 Å². The summed E-state index contributed by atoms with van der Waals surface area (Å²) in [5, 5.41) is 3.49. The quantitative estimate of drug-likeness (QED) is 0.902. The maximum Gasteiger partial charge on any atom is 0.123 e. The molecule has 0 unspecified atom stereocenters. The Hall–Kier alpha value is -1.49. The summed E-state index contributed by atoms with van der Waals surface area (Å²) in [5.74, 6) is -0.454. The summed E-state index contributed by atoms with van der Waals surface area (Å²) in [6, 6.07) is 14.5. The largest absolute Gasteiger partial charge is 0.314 e. The molecule has 0 aromatic heterocycles. The second-order valence-electron chi connectivity index (χ2n) is 6.50. The lowest BCUT2D eigenvalue weighted by molar-refractivity contribution is 0.117. The zero-order chi connectivity index (χ0) is 15.8. The Morgan fingerprint density at radius 1 is 0.792 bits per heavy atom. The molecule has 5 heteroatoms. The van der Waals surface area contributed by atoms with Gasteiger partial charge in [0.2, 0.25) is 0 Å². The van der Waals surface area contributed by atoms with Gasteiger partial charge >= 0.3 is 0 Å². The van der Waals surface area contributed by atoms with E-state index in [1.807, 2.05) is 24.3 Å². The van der Waals surface area contributed by atoms with Crippen LogP contribution in [0.25, 0.3) is 0 Å². The molecule has 2 aliphatic rings. The van der Waals surface area contributed by atoms with Crippen molar-refractivity contribution in [3.8, 4) is 0 Å². The first-order chi connectivity index (χ1) is 11.2. The van der Waals surface area contributed by atoms with Crippen LogP contribution in [-0.2, 0) is 0 Å². The van der Waals surface area contributed by atoms with Crippen molar-refractivity contribution in [1.82, 2.24) is 10.2 Å². The number of benzene rings is 2. The normalized spacial score (nSPS) is 23.3. The van der Waals surface area contributed by atoms with Gasteiger partial charge in [0.25, 0.3) is 0 Å². The molecular formula is C19H21ClF2N2. The molecule has 2 atom stereocenters. The number of nitrogens with one attached hydrogen (secondary N) is 1. The second-order valence-corrected chi connectivity index (χ2v) is 6.50. The summed E-state index contributed by atoms with van der Waals surface area (Å²) in [6.07, 6.45) is 2.35. The Kier molecular flexibility index (Phi) is 5.18. The van der Waals surface area contributed by atoms with Crippen molar-refractivity contribution >= 4 is 12.4 Å². The van der Waals surface area contributed by atoms with Gasteiger partial charge in [0.05, 0.1) is 6.04 Å². The van der Waals surface area contributed by atoms with Gasteiger partial charge in [0, 0.05) is 25.2 Å². The van der Waals surface area contributed by atoms with Gasteiger partial charge in [-0.15, -0.1) is 12.4 Å². The Morgan fingerprint density at radius 2 is 1.21 bits per heavy atom. The highest BCUT2D eigenvalue weighted by Crippen LogP contribution is 2.39. The van der Waals surface area contributed by atoms with E-state index in [-0.39, 0.29) is 30.1 Å². The van der Waals surface area contributed by atoms with E-state index in [1.54, 1.807) is 0 Å². The summed E-state index contributed by atoms with van der Waals surface area (Å²) in [6.45, 7) is 1.96. The van der Waals surface area contributed by atoms with Crippen molar-refractivity contribution in [2.45, 2.75) is 31.0 Å². The minimum absolute atomic E-state index is 0.